The first kappa shape index (κ1) is 18.4. The second kappa shape index (κ2) is 7.60. The number of methoxy groups -OCH3 is 1. The van der Waals surface area contributed by atoms with Crippen LogP contribution in [0, 0.1) is 6.92 Å². The van der Waals surface area contributed by atoms with E-state index in [4.69, 9.17) is 9.72 Å². The second-order valence-corrected chi connectivity index (χ2v) is 7.88. The maximum atomic E-state index is 13.3. The Morgan fingerprint density at radius 3 is 2.71 bits per heavy atom. The first-order valence-electron chi connectivity index (χ1n) is 9.36. The molecule has 28 heavy (non-hydrogen) atoms. The van der Waals surface area contributed by atoms with E-state index in [0.717, 1.165) is 44.5 Å². The minimum Gasteiger partial charge on any atom is -0.497 e. The Morgan fingerprint density at radius 2 is 1.96 bits per heavy atom. The summed E-state index contributed by atoms with van der Waals surface area (Å²) in [6, 6.07) is 17.9. The van der Waals surface area contributed by atoms with Gasteiger partial charge in [-0.2, -0.15) is 0 Å². The van der Waals surface area contributed by atoms with Crippen molar-refractivity contribution in [2.24, 2.45) is 0 Å². The minimum atomic E-state index is 0.0251. The Balaban J connectivity index is 1.75. The molecule has 0 fully saturated rings. The molecule has 2 heterocycles. The molecule has 0 saturated heterocycles. The smallest absolute Gasteiger partial charge is 0.268 e. The third-order valence-electron chi connectivity index (χ3n) is 4.72. The molecule has 4 nitrogen and oxygen atoms in total. The molecule has 0 unspecified atom stereocenters. The number of anilines is 1. The van der Waals surface area contributed by atoms with Gasteiger partial charge in [0.15, 0.2) is 0 Å². The molecule has 0 aliphatic carbocycles. The monoisotopic (exact) mass is 390 g/mol. The average Bonchev–Trinajstić information content (AvgIpc) is 3.12. The van der Waals surface area contributed by atoms with E-state index in [1.807, 2.05) is 54.3 Å². The lowest BCUT2D eigenvalue weighted by Gasteiger charge is -2.22. The lowest BCUT2D eigenvalue weighted by molar-refractivity contribution is 0.0991. The predicted molar refractivity (Wildman–Crippen MR) is 117 cm³/mol. The van der Waals surface area contributed by atoms with Gasteiger partial charge in [-0.3, -0.25) is 4.79 Å². The van der Waals surface area contributed by atoms with Crippen molar-refractivity contribution in [2.75, 3.05) is 18.6 Å². The number of benzene rings is 2. The summed E-state index contributed by atoms with van der Waals surface area (Å²) in [5.41, 5.74) is 2.98. The molecule has 0 saturated carbocycles. The number of ether oxygens (including phenoxy) is 1. The van der Waals surface area contributed by atoms with Crippen LogP contribution in [0.2, 0.25) is 0 Å². The Morgan fingerprint density at radius 1 is 1.11 bits per heavy atom. The fourth-order valence-electron chi connectivity index (χ4n) is 3.35. The van der Waals surface area contributed by atoms with Gasteiger partial charge in [0.1, 0.15) is 10.6 Å². The molecule has 0 aliphatic rings. The lowest BCUT2D eigenvalue weighted by atomic mass is 10.1. The Bertz CT molecular complexity index is 1170. The summed E-state index contributed by atoms with van der Waals surface area (Å²) in [4.78, 5) is 21.5. The fraction of sp³-hybridized carbons (Fsp3) is 0.217. The van der Waals surface area contributed by atoms with Crippen molar-refractivity contribution < 1.29 is 9.53 Å². The summed E-state index contributed by atoms with van der Waals surface area (Å²) in [6.45, 7) is 4.81. The van der Waals surface area contributed by atoms with Gasteiger partial charge in [-0.1, -0.05) is 19.1 Å². The Kier molecular flexibility index (Phi) is 5.01. The van der Waals surface area contributed by atoms with Gasteiger partial charge in [-0.15, -0.1) is 11.3 Å². The summed E-state index contributed by atoms with van der Waals surface area (Å²) in [7, 11) is 1.65. The van der Waals surface area contributed by atoms with Gasteiger partial charge >= 0.3 is 0 Å². The summed E-state index contributed by atoms with van der Waals surface area (Å²) in [6.07, 6.45) is 0.895. The van der Waals surface area contributed by atoms with Crippen LogP contribution < -0.4 is 9.64 Å². The maximum Gasteiger partial charge on any atom is 0.268 e. The first-order valence-corrected chi connectivity index (χ1v) is 10.2. The number of carbonyl (C=O) groups excluding carboxylic acids is 1. The third kappa shape index (κ3) is 3.45. The molecule has 2 aromatic carbocycles. The van der Waals surface area contributed by atoms with Gasteiger partial charge in [0.05, 0.1) is 17.5 Å². The molecule has 0 N–H and O–H groups in total. The number of hydrogen-bond acceptors (Lipinski definition) is 4. The quantitative estimate of drug-likeness (QED) is 0.431. The van der Waals surface area contributed by atoms with E-state index in [-0.39, 0.29) is 5.91 Å². The van der Waals surface area contributed by atoms with Crippen molar-refractivity contribution in [3.8, 4) is 5.75 Å². The molecule has 0 spiro atoms. The predicted octanol–water partition coefficient (Wildman–Crippen LogP) is 5.82. The molecule has 0 aliphatic heterocycles. The molecule has 1 amide bonds. The molecule has 4 aromatic rings. The number of nitrogens with zero attached hydrogens (tertiary/aromatic N) is 2. The molecule has 142 valence electrons. The molecule has 0 radical (unpaired) electrons. The summed E-state index contributed by atoms with van der Waals surface area (Å²) in [5.74, 6) is 0.825. The van der Waals surface area contributed by atoms with Crippen LogP contribution in [0.4, 0.5) is 5.69 Å². The third-order valence-corrected chi connectivity index (χ3v) is 5.76. The normalized spacial score (nSPS) is 11.1. The molecule has 0 bridgehead atoms. The molecule has 4 rings (SSSR count). The van der Waals surface area contributed by atoms with Gasteiger partial charge in [0, 0.05) is 23.0 Å². The number of thiophene rings is 1. The highest BCUT2D eigenvalue weighted by molar-refractivity contribution is 7.20. The number of pyridine rings is 1. The number of aryl methyl sites for hydroxylation is 1. The van der Waals surface area contributed by atoms with E-state index in [2.05, 4.69) is 19.1 Å². The van der Waals surface area contributed by atoms with Crippen LogP contribution in [0.1, 0.15) is 28.6 Å². The number of aromatic nitrogens is 1. The van der Waals surface area contributed by atoms with E-state index in [1.54, 1.807) is 7.11 Å². The molecular weight excluding hydrogens is 368 g/mol. The fourth-order valence-corrected chi connectivity index (χ4v) is 4.32. The van der Waals surface area contributed by atoms with Crippen LogP contribution in [0.25, 0.3) is 21.1 Å². The molecule has 5 heteroatoms. The van der Waals surface area contributed by atoms with E-state index >= 15 is 0 Å². The second-order valence-electron chi connectivity index (χ2n) is 6.85. The van der Waals surface area contributed by atoms with Crippen molar-refractivity contribution in [3.63, 3.8) is 0 Å². The molecule has 2 aromatic heterocycles. The van der Waals surface area contributed by atoms with E-state index in [1.165, 1.54) is 11.3 Å². The van der Waals surface area contributed by atoms with Crippen LogP contribution in [0.5, 0.6) is 5.75 Å². The van der Waals surface area contributed by atoms with Crippen molar-refractivity contribution in [3.05, 3.63) is 65.0 Å². The topological polar surface area (TPSA) is 42.4 Å². The number of carbonyl (C=O) groups is 1. The Hall–Kier alpha value is -2.92. The van der Waals surface area contributed by atoms with Crippen LogP contribution in [-0.2, 0) is 0 Å². The highest BCUT2D eigenvalue weighted by Crippen LogP contribution is 2.31. The zero-order valence-corrected chi connectivity index (χ0v) is 17.0. The van der Waals surface area contributed by atoms with Crippen LogP contribution in [-0.4, -0.2) is 24.5 Å². The van der Waals surface area contributed by atoms with Crippen molar-refractivity contribution in [1.82, 2.24) is 4.98 Å². The largest absolute Gasteiger partial charge is 0.497 e. The minimum absolute atomic E-state index is 0.0251. The van der Waals surface area contributed by atoms with Crippen molar-refractivity contribution >= 4 is 44.1 Å². The van der Waals surface area contributed by atoms with Gasteiger partial charge < -0.3 is 9.64 Å². The van der Waals surface area contributed by atoms with Crippen molar-refractivity contribution in [2.45, 2.75) is 20.3 Å². The highest BCUT2D eigenvalue weighted by atomic mass is 32.1. The van der Waals surface area contributed by atoms with E-state index < -0.39 is 0 Å². The Labute approximate surface area is 168 Å². The highest BCUT2D eigenvalue weighted by Gasteiger charge is 2.20. The SMILES string of the molecule is CCCN(C(=O)c1cc2cc3cc(OC)ccc3nc2s1)c1cccc(C)c1. The van der Waals surface area contributed by atoms with Crippen LogP contribution in [0.15, 0.2) is 54.6 Å². The number of amides is 1. The molecular formula is C23H22N2O2S. The molecule has 0 atom stereocenters. The van der Waals surface area contributed by atoms with Crippen molar-refractivity contribution in [1.29, 1.82) is 0 Å². The summed E-state index contributed by atoms with van der Waals surface area (Å²) < 4.78 is 5.31. The summed E-state index contributed by atoms with van der Waals surface area (Å²) >= 11 is 1.45. The summed E-state index contributed by atoms with van der Waals surface area (Å²) in [5, 5.41) is 1.99. The number of rotatable bonds is 5. The zero-order chi connectivity index (χ0) is 19.7. The van der Waals surface area contributed by atoms with E-state index in [9.17, 15) is 4.79 Å². The lowest BCUT2D eigenvalue weighted by Crippen LogP contribution is -2.31. The van der Waals surface area contributed by atoms with Gasteiger partial charge in [-0.05, 0) is 61.4 Å². The number of fused-ring (bicyclic) bond motifs is 2. The average molecular weight is 391 g/mol. The van der Waals surface area contributed by atoms with Crippen LogP contribution in [0.3, 0.4) is 0 Å². The van der Waals surface area contributed by atoms with Crippen LogP contribution >= 0.6 is 11.3 Å². The number of hydrogen-bond donors (Lipinski definition) is 0. The van der Waals surface area contributed by atoms with Gasteiger partial charge in [-0.25, -0.2) is 4.98 Å². The van der Waals surface area contributed by atoms with E-state index in [0.29, 0.717) is 11.4 Å². The maximum absolute atomic E-state index is 13.3. The van der Waals surface area contributed by atoms with Gasteiger partial charge in [0.2, 0.25) is 0 Å². The standard InChI is InChI=1S/C23H22N2O2S/c1-4-10-25(18-7-5-6-15(2)11-18)23(26)21-14-17-12-16-13-19(27-3)8-9-20(16)24-22(17)28-21/h5-9,11-14H,4,10H2,1-3H3. The van der Waals surface area contributed by atoms with Gasteiger partial charge in [0.25, 0.3) is 5.91 Å². The first-order chi connectivity index (χ1) is 13.6. The zero-order valence-electron chi connectivity index (χ0n) is 16.2.